The Morgan fingerprint density at radius 2 is 1.75 bits per heavy atom. The van der Waals surface area contributed by atoms with E-state index in [0.717, 1.165) is 11.1 Å². The summed E-state index contributed by atoms with van der Waals surface area (Å²) in [5, 5.41) is 5.18. The highest BCUT2D eigenvalue weighted by Gasteiger charge is 2.17. The molecule has 5 nitrogen and oxygen atoms in total. The lowest BCUT2D eigenvalue weighted by atomic mass is 10.1. The molecule has 0 bridgehead atoms. The van der Waals surface area contributed by atoms with Crippen LogP contribution in [0.25, 0.3) is 0 Å². The molecule has 0 aromatic heterocycles. The van der Waals surface area contributed by atoms with Gasteiger partial charge in [-0.1, -0.05) is 12.1 Å². The monoisotopic (exact) mass is 292 g/mol. The minimum absolute atomic E-state index is 0.126. The molecule has 0 aliphatic rings. The second kappa shape index (κ2) is 5.15. The minimum Gasteiger partial charge on any atom is -0.456 e. The third-order valence-corrected chi connectivity index (χ3v) is 3.98. The zero-order valence-electron chi connectivity index (χ0n) is 11.3. The number of aryl methyl sites for hydroxylation is 1. The highest BCUT2D eigenvalue weighted by molar-refractivity contribution is 7.89. The Bertz CT molecular complexity index is 755. The molecule has 0 radical (unpaired) electrons. The van der Waals surface area contributed by atoms with Crippen molar-refractivity contribution in [1.29, 1.82) is 0 Å². The van der Waals surface area contributed by atoms with Crippen LogP contribution in [0.2, 0.25) is 0 Å². The Morgan fingerprint density at radius 3 is 2.40 bits per heavy atom. The van der Waals surface area contributed by atoms with Crippen LogP contribution in [0.5, 0.6) is 11.5 Å². The molecule has 6 heteroatoms. The Labute approximate surface area is 118 Å². The van der Waals surface area contributed by atoms with Crippen molar-refractivity contribution in [2.24, 2.45) is 5.14 Å². The lowest BCUT2D eigenvalue weighted by Gasteiger charge is -2.13. The van der Waals surface area contributed by atoms with Crippen molar-refractivity contribution in [3.63, 3.8) is 0 Å². The van der Waals surface area contributed by atoms with Gasteiger partial charge < -0.3 is 10.5 Å². The maximum absolute atomic E-state index is 11.6. The summed E-state index contributed by atoms with van der Waals surface area (Å²) in [5.41, 5.74) is 7.89. The summed E-state index contributed by atoms with van der Waals surface area (Å²) in [4.78, 5) is -0.126. The predicted molar refractivity (Wildman–Crippen MR) is 78.2 cm³/mol. The third-order valence-electron chi connectivity index (χ3n) is 3.05. The minimum atomic E-state index is -3.90. The van der Waals surface area contributed by atoms with Crippen molar-refractivity contribution in [2.75, 3.05) is 5.73 Å². The standard InChI is InChI=1S/C14H16N2O3S/c1-9-4-3-5-12(10(9)2)19-13-7-6-11(15)8-14(13)20(16,17)18/h3-8H,15H2,1-2H3,(H2,16,17,18). The maximum Gasteiger partial charge on any atom is 0.241 e. The van der Waals surface area contributed by atoms with Crippen LogP contribution in [0.3, 0.4) is 0 Å². The summed E-state index contributed by atoms with van der Waals surface area (Å²) in [6, 6.07) is 9.91. The largest absolute Gasteiger partial charge is 0.456 e. The first kappa shape index (κ1) is 14.4. The molecule has 4 N–H and O–H groups in total. The Balaban J connectivity index is 2.52. The highest BCUT2D eigenvalue weighted by atomic mass is 32.2. The molecule has 2 rings (SSSR count). The molecule has 0 spiro atoms. The first-order valence-electron chi connectivity index (χ1n) is 5.95. The van der Waals surface area contributed by atoms with Crippen molar-refractivity contribution in [1.82, 2.24) is 0 Å². The molecule has 0 amide bonds. The van der Waals surface area contributed by atoms with Gasteiger partial charge in [0, 0.05) is 5.69 Å². The van der Waals surface area contributed by atoms with Crippen LogP contribution in [0.1, 0.15) is 11.1 Å². The number of rotatable bonds is 3. The Hall–Kier alpha value is -2.05. The van der Waals surface area contributed by atoms with Crippen LogP contribution in [0.4, 0.5) is 5.69 Å². The van der Waals surface area contributed by atoms with Gasteiger partial charge in [-0.2, -0.15) is 0 Å². The summed E-state index contributed by atoms with van der Waals surface area (Å²) in [5.74, 6) is 0.745. The maximum atomic E-state index is 11.6. The summed E-state index contributed by atoms with van der Waals surface area (Å²) >= 11 is 0. The van der Waals surface area contributed by atoms with E-state index in [4.69, 9.17) is 15.6 Å². The van der Waals surface area contributed by atoms with Crippen LogP contribution in [0, 0.1) is 13.8 Å². The quantitative estimate of drug-likeness (QED) is 0.849. The van der Waals surface area contributed by atoms with E-state index in [0.29, 0.717) is 11.4 Å². The fourth-order valence-electron chi connectivity index (χ4n) is 1.78. The number of benzene rings is 2. The molecule has 106 valence electrons. The number of primary sulfonamides is 1. The van der Waals surface area contributed by atoms with Crippen LogP contribution in [-0.4, -0.2) is 8.42 Å². The van der Waals surface area contributed by atoms with E-state index < -0.39 is 10.0 Å². The molecule has 20 heavy (non-hydrogen) atoms. The van der Waals surface area contributed by atoms with Crippen molar-refractivity contribution in [3.8, 4) is 11.5 Å². The zero-order chi connectivity index (χ0) is 14.9. The second-order valence-corrected chi connectivity index (χ2v) is 6.08. The van der Waals surface area contributed by atoms with Crippen molar-refractivity contribution in [2.45, 2.75) is 18.7 Å². The van der Waals surface area contributed by atoms with E-state index in [-0.39, 0.29) is 10.6 Å². The van der Waals surface area contributed by atoms with Crippen molar-refractivity contribution < 1.29 is 13.2 Å². The fraction of sp³-hybridized carbons (Fsp3) is 0.143. The molecular formula is C14H16N2O3S. The molecule has 2 aromatic rings. The van der Waals surface area contributed by atoms with Crippen molar-refractivity contribution >= 4 is 15.7 Å². The molecule has 0 saturated heterocycles. The van der Waals surface area contributed by atoms with Crippen molar-refractivity contribution in [3.05, 3.63) is 47.5 Å². The first-order valence-corrected chi connectivity index (χ1v) is 7.50. The lowest BCUT2D eigenvalue weighted by Crippen LogP contribution is -2.13. The second-order valence-electron chi connectivity index (χ2n) is 4.55. The number of hydrogen-bond acceptors (Lipinski definition) is 4. The fourth-order valence-corrected chi connectivity index (χ4v) is 2.48. The van der Waals surface area contributed by atoms with E-state index in [2.05, 4.69) is 0 Å². The van der Waals surface area contributed by atoms with Gasteiger partial charge in [0.1, 0.15) is 16.4 Å². The van der Waals surface area contributed by atoms with Gasteiger partial charge in [0.25, 0.3) is 0 Å². The average Bonchev–Trinajstić information content (AvgIpc) is 2.36. The number of anilines is 1. The number of nitrogen functional groups attached to an aromatic ring is 1. The van der Waals surface area contributed by atoms with Gasteiger partial charge in [-0.05, 0) is 49.2 Å². The van der Waals surface area contributed by atoms with E-state index in [1.54, 1.807) is 12.1 Å². The zero-order valence-corrected chi connectivity index (χ0v) is 12.1. The normalized spacial score (nSPS) is 11.3. The molecule has 0 saturated carbocycles. The molecule has 0 atom stereocenters. The number of sulfonamides is 1. The van der Waals surface area contributed by atoms with Gasteiger partial charge in [0.05, 0.1) is 0 Å². The predicted octanol–water partition coefficient (Wildman–Crippen LogP) is 2.33. The summed E-state index contributed by atoms with van der Waals surface area (Å²) in [6.45, 7) is 3.85. The molecule has 0 fully saturated rings. The average molecular weight is 292 g/mol. The highest BCUT2D eigenvalue weighted by Crippen LogP contribution is 2.32. The smallest absolute Gasteiger partial charge is 0.241 e. The van der Waals surface area contributed by atoms with E-state index in [1.165, 1.54) is 12.1 Å². The van der Waals surface area contributed by atoms with E-state index in [9.17, 15) is 8.42 Å². The SMILES string of the molecule is Cc1cccc(Oc2ccc(N)cc2S(N)(=O)=O)c1C. The number of hydrogen-bond donors (Lipinski definition) is 2. The number of nitrogens with two attached hydrogens (primary N) is 2. The topological polar surface area (TPSA) is 95.4 Å². The van der Waals surface area contributed by atoms with E-state index in [1.807, 2.05) is 26.0 Å². The van der Waals surface area contributed by atoms with Crippen LogP contribution < -0.4 is 15.6 Å². The number of ether oxygens (including phenoxy) is 1. The molecule has 0 heterocycles. The van der Waals surface area contributed by atoms with Gasteiger partial charge in [-0.3, -0.25) is 0 Å². The molecule has 0 unspecified atom stereocenters. The van der Waals surface area contributed by atoms with E-state index >= 15 is 0 Å². The van der Waals surface area contributed by atoms with Crippen LogP contribution in [-0.2, 0) is 10.0 Å². The third kappa shape index (κ3) is 2.92. The van der Waals surface area contributed by atoms with Gasteiger partial charge >= 0.3 is 0 Å². The van der Waals surface area contributed by atoms with Crippen LogP contribution >= 0.6 is 0 Å². The Morgan fingerprint density at radius 1 is 1.05 bits per heavy atom. The summed E-state index contributed by atoms with van der Waals surface area (Å²) < 4.78 is 28.9. The first-order chi connectivity index (χ1) is 9.29. The van der Waals surface area contributed by atoms with Gasteiger partial charge in [0.2, 0.25) is 10.0 Å². The van der Waals surface area contributed by atoms with Gasteiger partial charge in [-0.25, -0.2) is 13.6 Å². The molecule has 2 aromatic carbocycles. The molecule has 0 aliphatic heterocycles. The summed E-state index contributed by atoms with van der Waals surface area (Å²) in [6.07, 6.45) is 0. The van der Waals surface area contributed by atoms with Gasteiger partial charge in [0.15, 0.2) is 0 Å². The van der Waals surface area contributed by atoms with Crippen LogP contribution in [0.15, 0.2) is 41.3 Å². The molecular weight excluding hydrogens is 276 g/mol. The lowest BCUT2D eigenvalue weighted by molar-refractivity contribution is 0.464. The summed E-state index contributed by atoms with van der Waals surface area (Å²) in [7, 11) is -3.90. The Kier molecular flexibility index (Phi) is 3.69. The van der Waals surface area contributed by atoms with Gasteiger partial charge in [-0.15, -0.1) is 0 Å². The molecule has 0 aliphatic carbocycles.